The minimum absolute atomic E-state index is 0.0694. The fourth-order valence-electron chi connectivity index (χ4n) is 4.22. The molecule has 1 aliphatic rings. The number of aliphatic hydroxyl groups is 1. The topological polar surface area (TPSA) is 150 Å². The van der Waals surface area contributed by atoms with E-state index in [4.69, 9.17) is 5.14 Å². The van der Waals surface area contributed by atoms with Crippen molar-refractivity contribution in [2.75, 3.05) is 6.61 Å². The zero-order valence-electron chi connectivity index (χ0n) is 18.6. The van der Waals surface area contributed by atoms with Gasteiger partial charge >= 0.3 is 16.5 Å². The molecule has 36 heavy (non-hydrogen) atoms. The molecule has 194 valence electrons. The molecular formula is C21H22F3N5O5S2. The highest BCUT2D eigenvalue weighted by Gasteiger charge is 2.35. The van der Waals surface area contributed by atoms with Crippen LogP contribution in [-0.2, 0) is 33.6 Å². The number of hydrogen-bond acceptors (Lipinski definition) is 9. The number of nitrogens with zero attached hydrogens (tertiary/aromatic N) is 4. The first-order chi connectivity index (χ1) is 16.9. The van der Waals surface area contributed by atoms with Gasteiger partial charge in [0, 0.05) is 18.3 Å². The molecule has 10 nitrogen and oxygen atoms in total. The highest BCUT2D eigenvalue weighted by molar-refractivity contribution is 7.84. The van der Waals surface area contributed by atoms with Gasteiger partial charge in [-0.05, 0) is 42.2 Å². The number of aliphatic hydroxyl groups excluding tert-OH is 1. The lowest BCUT2D eigenvalue weighted by Crippen LogP contribution is -2.24. The van der Waals surface area contributed by atoms with E-state index in [9.17, 15) is 31.5 Å². The molecule has 3 heterocycles. The highest BCUT2D eigenvalue weighted by atomic mass is 32.2. The quantitative estimate of drug-likeness (QED) is 0.389. The fraction of sp³-hybridized carbons (Fsp3) is 0.429. The van der Waals surface area contributed by atoms with Gasteiger partial charge in [-0.3, -0.25) is 13.7 Å². The first-order valence-corrected chi connectivity index (χ1v) is 13.1. The number of ketones is 1. The molecule has 4 rings (SSSR count). The molecule has 1 aliphatic carbocycles. The SMILES string of the molecule is NS(=O)(=O)OC[C@H]1C[C@@H](Cc2ncncc2C(=O)c2cc(Cn3cc(C(F)(F)F)cn3)cs2)C[C@@H]1O. The van der Waals surface area contributed by atoms with E-state index in [1.807, 2.05) is 0 Å². The number of carbonyl (C=O) groups is 1. The molecule has 0 radical (unpaired) electrons. The van der Waals surface area contributed by atoms with E-state index in [0.717, 1.165) is 28.4 Å². The molecule has 15 heteroatoms. The van der Waals surface area contributed by atoms with Gasteiger partial charge in [0.15, 0.2) is 0 Å². The highest BCUT2D eigenvalue weighted by Crippen LogP contribution is 2.35. The lowest BCUT2D eigenvalue weighted by molar-refractivity contribution is -0.137. The van der Waals surface area contributed by atoms with Crippen LogP contribution in [0.4, 0.5) is 13.2 Å². The first-order valence-electron chi connectivity index (χ1n) is 10.7. The average Bonchev–Trinajstić information content (AvgIpc) is 3.52. The Morgan fingerprint density at radius 2 is 2.08 bits per heavy atom. The number of hydrogen-bond donors (Lipinski definition) is 2. The number of halogens is 3. The molecule has 0 amide bonds. The van der Waals surface area contributed by atoms with Gasteiger partial charge in [-0.2, -0.15) is 26.7 Å². The van der Waals surface area contributed by atoms with Crippen molar-refractivity contribution in [3.8, 4) is 0 Å². The summed E-state index contributed by atoms with van der Waals surface area (Å²) in [5.74, 6) is -0.822. The summed E-state index contributed by atoms with van der Waals surface area (Å²) in [5, 5.41) is 20.5. The summed E-state index contributed by atoms with van der Waals surface area (Å²) in [6.45, 7) is -0.162. The van der Waals surface area contributed by atoms with Gasteiger partial charge in [0.1, 0.15) is 6.33 Å². The number of alkyl halides is 3. The Bertz CT molecular complexity index is 1340. The smallest absolute Gasteiger partial charge is 0.393 e. The third kappa shape index (κ3) is 6.53. The van der Waals surface area contributed by atoms with Gasteiger partial charge in [0.05, 0.1) is 47.2 Å². The van der Waals surface area contributed by atoms with Crippen LogP contribution >= 0.6 is 11.3 Å². The molecule has 3 atom stereocenters. The zero-order valence-corrected chi connectivity index (χ0v) is 20.3. The third-order valence-electron chi connectivity index (χ3n) is 5.91. The number of carbonyl (C=O) groups excluding carboxylic acids is 1. The van der Waals surface area contributed by atoms with E-state index in [1.165, 1.54) is 12.5 Å². The van der Waals surface area contributed by atoms with Crippen molar-refractivity contribution in [2.45, 2.75) is 38.1 Å². The summed E-state index contributed by atoms with van der Waals surface area (Å²) in [5.41, 5.74) is 0.533. The largest absolute Gasteiger partial charge is 0.419 e. The van der Waals surface area contributed by atoms with Crippen LogP contribution in [0.15, 0.2) is 36.4 Å². The Balaban J connectivity index is 1.43. The van der Waals surface area contributed by atoms with Crippen molar-refractivity contribution < 1.29 is 35.7 Å². The molecule has 0 unspecified atom stereocenters. The van der Waals surface area contributed by atoms with Crippen molar-refractivity contribution in [1.29, 1.82) is 0 Å². The standard InChI is InChI=1S/C21H22F3N5O5S2/c22-21(23,24)15-5-28-29(8-15)7-13-4-19(35-10-13)20(31)16-6-26-11-27-17(16)2-12-1-14(18(30)3-12)9-34-36(25,32)33/h4-6,8,10-12,14,18,30H,1-3,7,9H2,(H2,25,32,33)/t12-,14+,18-/m0/s1. The minimum Gasteiger partial charge on any atom is -0.393 e. The Labute approximate surface area is 208 Å². The predicted octanol–water partition coefficient (Wildman–Crippen LogP) is 2.18. The van der Waals surface area contributed by atoms with Crippen molar-refractivity contribution in [3.05, 3.63) is 63.6 Å². The van der Waals surface area contributed by atoms with Crippen LogP contribution < -0.4 is 5.14 Å². The van der Waals surface area contributed by atoms with Crippen molar-refractivity contribution in [1.82, 2.24) is 19.7 Å². The summed E-state index contributed by atoms with van der Waals surface area (Å²) in [6, 6.07) is 1.60. The average molecular weight is 546 g/mol. The molecule has 0 spiro atoms. The predicted molar refractivity (Wildman–Crippen MR) is 121 cm³/mol. The third-order valence-corrected chi connectivity index (χ3v) is 7.35. The monoisotopic (exact) mass is 545 g/mol. The molecule has 0 saturated heterocycles. The summed E-state index contributed by atoms with van der Waals surface area (Å²) < 4.78 is 66.2. The van der Waals surface area contributed by atoms with E-state index in [-0.39, 0.29) is 30.4 Å². The van der Waals surface area contributed by atoms with Crippen LogP contribution in [0.1, 0.15) is 44.9 Å². The molecule has 3 N–H and O–H groups in total. The molecule has 1 saturated carbocycles. The van der Waals surface area contributed by atoms with Crippen LogP contribution in [0.25, 0.3) is 0 Å². The van der Waals surface area contributed by atoms with Gasteiger partial charge in [-0.1, -0.05) is 0 Å². The van der Waals surface area contributed by atoms with Crippen LogP contribution in [0.5, 0.6) is 0 Å². The maximum atomic E-state index is 13.2. The molecule has 0 aromatic carbocycles. The fourth-order valence-corrected chi connectivity index (χ4v) is 5.44. The Hall–Kier alpha value is -2.72. The lowest BCUT2D eigenvalue weighted by atomic mass is 9.96. The summed E-state index contributed by atoms with van der Waals surface area (Å²) in [4.78, 5) is 21.8. The van der Waals surface area contributed by atoms with Gasteiger partial charge < -0.3 is 5.11 Å². The Morgan fingerprint density at radius 1 is 1.31 bits per heavy atom. The minimum atomic E-state index is -4.48. The number of rotatable bonds is 9. The second-order valence-electron chi connectivity index (χ2n) is 8.60. The first kappa shape index (κ1) is 26.3. The zero-order chi connectivity index (χ0) is 26.1. The van der Waals surface area contributed by atoms with Crippen LogP contribution in [0.3, 0.4) is 0 Å². The number of aromatic nitrogens is 4. The van der Waals surface area contributed by atoms with E-state index < -0.39 is 34.1 Å². The number of nitrogens with two attached hydrogens (primary N) is 1. The summed E-state index contributed by atoms with van der Waals surface area (Å²) in [6.07, 6.45) is 0.301. The molecular weight excluding hydrogens is 523 g/mol. The molecule has 3 aromatic heterocycles. The Morgan fingerprint density at radius 3 is 2.78 bits per heavy atom. The van der Waals surface area contributed by atoms with Gasteiger partial charge in [-0.15, -0.1) is 11.3 Å². The van der Waals surface area contributed by atoms with Crippen LogP contribution in [0, 0.1) is 11.8 Å². The van der Waals surface area contributed by atoms with E-state index in [1.54, 1.807) is 11.4 Å². The van der Waals surface area contributed by atoms with Crippen molar-refractivity contribution in [3.63, 3.8) is 0 Å². The lowest BCUT2D eigenvalue weighted by Gasteiger charge is -2.13. The van der Waals surface area contributed by atoms with Crippen LogP contribution in [-0.4, -0.2) is 51.8 Å². The second-order valence-corrected chi connectivity index (χ2v) is 10.7. The van der Waals surface area contributed by atoms with E-state index in [2.05, 4.69) is 19.2 Å². The normalized spacial score (nSPS) is 20.6. The van der Waals surface area contributed by atoms with Crippen molar-refractivity contribution >= 4 is 27.4 Å². The molecule has 1 fully saturated rings. The molecule has 0 bridgehead atoms. The molecule has 0 aliphatic heterocycles. The van der Waals surface area contributed by atoms with E-state index >= 15 is 0 Å². The Kier molecular flexibility index (Phi) is 7.56. The van der Waals surface area contributed by atoms with Gasteiger partial charge in [0.2, 0.25) is 5.78 Å². The number of thiophene rings is 1. The van der Waals surface area contributed by atoms with E-state index in [0.29, 0.717) is 35.4 Å². The maximum Gasteiger partial charge on any atom is 0.419 e. The summed E-state index contributed by atoms with van der Waals surface area (Å²) in [7, 11) is -4.11. The summed E-state index contributed by atoms with van der Waals surface area (Å²) >= 11 is 1.15. The molecule has 3 aromatic rings. The van der Waals surface area contributed by atoms with Crippen molar-refractivity contribution in [2.24, 2.45) is 17.0 Å². The maximum absolute atomic E-state index is 13.2. The van der Waals surface area contributed by atoms with Gasteiger partial charge in [0.25, 0.3) is 0 Å². The second kappa shape index (κ2) is 10.3. The van der Waals surface area contributed by atoms with Crippen LogP contribution in [0.2, 0.25) is 0 Å². The van der Waals surface area contributed by atoms with Gasteiger partial charge in [-0.25, -0.2) is 15.1 Å².